The van der Waals surface area contributed by atoms with E-state index in [1.165, 1.54) is 18.4 Å². The van der Waals surface area contributed by atoms with Crippen LogP contribution in [0.15, 0.2) is 18.2 Å². The van der Waals surface area contributed by atoms with E-state index in [9.17, 15) is 0 Å². The predicted molar refractivity (Wildman–Crippen MR) is 98.6 cm³/mol. The lowest BCUT2D eigenvalue weighted by Crippen LogP contribution is -2.45. The maximum Gasteiger partial charge on any atom is 0.161 e. The second-order valence-corrected chi connectivity index (χ2v) is 5.91. The average Bonchev–Trinajstić information content (AvgIpc) is 3.34. The number of halogens is 2. The highest BCUT2D eigenvalue weighted by atomic mass is 35.5. The summed E-state index contributed by atoms with van der Waals surface area (Å²) in [6.45, 7) is 7.14. The fourth-order valence-corrected chi connectivity index (χ4v) is 3.30. The number of hydrogen-bond acceptors (Lipinski definition) is 4. The first-order valence-electron chi connectivity index (χ1n) is 8.09. The van der Waals surface area contributed by atoms with Crippen molar-refractivity contribution in [3.63, 3.8) is 0 Å². The van der Waals surface area contributed by atoms with Gasteiger partial charge in [-0.3, -0.25) is 4.90 Å². The van der Waals surface area contributed by atoms with Gasteiger partial charge >= 0.3 is 0 Å². The van der Waals surface area contributed by atoms with Gasteiger partial charge in [0, 0.05) is 32.2 Å². The molecule has 0 spiro atoms. The summed E-state index contributed by atoms with van der Waals surface area (Å²) in [6, 6.07) is 7.00. The van der Waals surface area contributed by atoms with Gasteiger partial charge in [-0.05, 0) is 43.4 Å². The molecule has 0 amide bonds. The van der Waals surface area contributed by atoms with Crippen LogP contribution in [-0.4, -0.2) is 44.8 Å². The SMILES string of the molecule is CCOc1cc([C@H](C2CC2)N2CCNCC2)ccc1OC.Cl.Cl. The Balaban J connectivity index is 0.00000132. The van der Waals surface area contributed by atoms with Crippen LogP contribution in [0.5, 0.6) is 11.5 Å². The summed E-state index contributed by atoms with van der Waals surface area (Å²) < 4.78 is 11.2. The molecule has 4 nitrogen and oxygen atoms in total. The molecule has 0 radical (unpaired) electrons. The van der Waals surface area contributed by atoms with E-state index in [0.717, 1.165) is 43.6 Å². The number of benzene rings is 1. The number of ether oxygens (including phenoxy) is 2. The molecule has 1 aliphatic carbocycles. The standard InChI is InChI=1S/C17H26N2O2.2ClH/c1-3-21-16-12-14(6-7-15(16)20-2)17(13-4-5-13)19-10-8-18-9-11-19;;/h6-7,12-13,17-18H,3-5,8-11H2,1-2H3;2*1H/t17-;;/m0../s1. The zero-order valence-corrected chi connectivity index (χ0v) is 15.5. The molecule has 6 heteroatoms. The Kier molecular flexibility index (Phi) is 8.48. The quantitative estimate of drug-likeness (QED) is 0.841. The van der Waals surface area contributed by atoms with Crippen LogP contribution in [0.3, 0.4) is 0 Å². The molecule has 1 saturated carbocycles. The second-order valence-electron chi connectivity index (χ2n) is 5.91. The van der Waals surface area contributed by atoms with Gasteiger partial charge in [0.1, 0.15) is 0 Å². The summed E-state index contributed by atoms with van der Waals surface area (Å²) in [5.74, 6) is 2.51. The molecule has 0 bridgehead atoms. The summed E-state index contributed by atoms with van der Waals surface area (Å²) in [5, 5.41) is 3.44. The number of nitrogens with zero attached hydrogens (tertiary/aromatic N) is 1. The van der Waals surface area contributed by atoms with E-state index in [4.69, 9.17) is 9.47 Å². The van der Waals surface area contributed by atoms with E-state index in [-0.39, 0.29) is 24.8 Å². The highest BCUT2D eigenvalue weighted by Gasteiger charge is 2.37. The van der Waals surface area contributed by atoms with E-state index in [0.29, 0.717) is 12.6 Å². The Labute approximate surface area is 151 Å². The lowest BCUT2D eigenvalue weighted by atomic mass is 9.99. The van der Waals surface area contributed by atoms with Crippen molar-refractivity contribution in [2.45, 2.75) is 25.8 Å². The van der Waals surface area contributed by atoms with E-state index in [2.05, 4.69) is 28.4 Å². The summed E-state index contributed by atoms with van der Waals surface area (Å²) in [6.07, 6.45) is 2.70. The number of nitrogens with one attached hydrogen (secondary N) is 1. The first kappa shape index (κ1) is 20.4. The van der Waals surface area contributed by atoms with Crippen LogP contribution < -0.4 is 14.8 Å². The van der Waals surface area contributed by atoms with Gasteiger partial charge in [0.05, 0.1) is 13.7 Å². The lowest BCUT2D eigenvalue weighted by Gasteiger charge is -2.35. The third-order valence-electron chi connectivity index (χ3n) is 4.44. The maximum atomic E-state index is 5.75. The van der Waals surface area contributed by atoms with E-state index in [1.807, 2.05) is 6.92 Å². The Bertz CT molecular complexity index is 478. The number of piperazine rings is 1. The smallest absolute Gasteiger partial charge is 0.161 e. The maximum absolute atomic E-state index is 5.75. The minimum atomic E-state index is 0. The predicted octanol–water partition coefficient (Wildman–Crippen LogP) is 3.29. The van der Waals surface area contributed by atoms with Gasteiger partial charge in [0.15, 0.2) is 11.5 Å². The number of methoxy groups -OCH3 is 1. The van der Waals surface area contributed by atoms with Crippen molar-refractivity contribution in [2.75, 3.05) is 39.9 Å². The fourth-order valence-electron chi connectivity index (χ4n) is 3.30. The van der Waals surface area contributed by atoms with Crippen LogP contribution >= 0.6 is 24.8 Å². The normalized spacial score (nSPS) is 19.2. The first-order chi connectivity index (χ1) is 10.3. The molecule has 1 heterocycles. The first-order valence-corrected chi connectivity index (χ1v) is 8.09. The molecule has 1 saturated heterocycles. The molecular weight excluding hydrogens is 335 g/mol. The van der Waals surface area contributed by atoms with Gasteiger partial charge in [-0.25, -0.2) is 0 Å². The monoisotopic (exact) mass is 362 g/mol. The largest absolute Gasteiger partial charge is 0.493 e. The molecule has 1 aliphatic heterocycles. The van der Waals surface area contributed by atoms with Crippen molar-refractivity contribution in [3.05, 3.63) is 23.8 Å². The average molecular weight is 363 g/mol. The molecule has 0 aromatic heterocycles. The Morgan fingerprint density at radius 2 is 1.87 bits per heavy atom. The van der Waals surface area contributed by atoms with E-state index < -0.39 is 0 Å². The third-order valence-corrected chi connectivity index (χ3v) is 4.44. The molecule has 1 atom stereocenters. The van der Waals surface area contributed by atoms with Crippen molar-refractivity contribution in [1.82, 2.24) is 10.2 Å². The van der Waals surface area contributed by atoms with Gasteiger partial charge in [-0.1, -0.05) is 6.07 Å². The summed E-state index contributed by atoms with van der Waals surface area (Å²) in [7, 11) is 1.70. The van der Waals surface area contributed by atoms with Crippen LogP contribution in [0, 0.1) is 5.92 Å². The van der Waals surface area contributed by atoms with Crippen LogP contribution in [0.4, 0.5) is 0 Å². The van der Waals surface area contributed by atoms with E-state index in [1.54, 1.807) is 7.11 Å². The molecular formula is C17H28Cl2N2O2. The highest BCUT2D eigenvalue weighted by molar-refractivity contribution is 5.85. The highest BCUT2D eigenvalue weighted by Crippen LogP contribution is 2.46. The van der Waals surface area contributed by atoms with Gasteiger partial charge in [-0.2, -0.15) is 0 Å². The molecule has 1 aromatic rings. The minimum Gasteiger partial charge on any atom is -0.493 e. The molecule has 23 heavy (non-hydrogen) atoms. The van der Waals surface area contributed by atoms with Crippen molar-refractivity contribution < 1.29 is 9.47 Å². The van der Waals surface area contributed by atoms with Crippen LogP contribution in [0.25, 0.3) is 0 Å². The Hall–Kier alpha value is -0.680. The molecule has 3 rings (SSSR count). The van der Waals surface area contributed by atoms with E-state index >= 15 is 0 Å². The lowest BCUT2D eigenvalue weighted by molar-refractivity contribution is 0.155. The van der Waals surface area contributed by atoms with Crippen molar-refractivity contribution in [1.29, 1.82) is 0 Å². The summed E-state index contributed by atoms with van der Waals surface area (Å²) in [5.41, 5.74) is 1.38. The number of hydrogen-bond donors (Lipinski definition) is 1. The minimum absolute atomic E-state index is 0. The van der Waals surface area contributed by atoms with Gasteiger partial charge in [0.25, 0.3) is 0 Å². The van der Waals surface area contributed by atoms with Gasteiger partial charge in [-0.15, -0.1) is 24.8 Å². The van der Waals surface area contributed by atoms with Crippen LogP contribution in [0.2, 0.25) is 0 Å². The molecule has 2 aliphatic rings. The van der Waals surface area contributed by atoms with Crippen LogP contribution in [0.1, 0.15) is 31.4 Å². The Morgan fingerprint density at radius 3 is 2.43 bits per heavy atom. The summed E-state index contributed by atoms with van der Waals surface area (Å²) in [4.78, 5) is 2.63. The molecule has 0 unspecified atom stereocenters. The molecule has 1 aromatic carbocycles. The van der Waals surface area contributed by atoms with Crippen LogP contribution in [-0.2, 0) is 0 Å². The van der Waals surface area contributed by atoms with Gasteiger partial charge in [0.2, 0.25) is 0 Å². The van der Waals surface area contributed by atoms with Crippen molar-refractivity contribution in [3.8, 4) is 11.5 Å². The molecule has 132 valence electrons. The van der Waals surface area contributed by atoms with Gasteiger partial charge < -0.3 is 14.8 Å². The Morgan fingerprint density at radius 1 is 1.17 bits per heavy atom. The topological polar surface area (TPSA) is 33.7 Å². The number of rotatable bonds is 6. The van der Waals surface area contributed by atoms with Crippen molar-refractivity contribution in [2.24, 2.45) is 5.92 Å². The summed E-state index contributed by atoms with van der Waals surface area (Å²) >= 11 is 0. The molecule has 1 N–H and O–H groups in total. The molecule has 2 fully saturated rings. The zero-order chi connectivity index (χ0) is 14.7. The zero-order valence-electron chi connectivity index (χ0n) is 13.9. The van der Waals surface area contributed by atoms with Crippen molar-refractivity contribution >= 4 is 24.8 Å². The fraction of sp³-hybridized carbons (Fsp3) is 0.647. The second kappa shape index (κ2) is 9.58. The third kappa shape index (κ3) is 4.90.